The third-order valence-electron chi connectivity index (χ3n) is 4.27. The van der Waals surface area contributed by atoms with Gasteiger partial charge < -0.3 is 9.47 Å². The van der Waals surface area contributed by atoms with Crippen molar-refractivity contribution >= 4 is 0 Å². The van der Waals surface area contributed by atoms with Gasteiger partial charge in [-0.3, -0.25) is 0 Å². The second kappa shape index (κ2) is 4.00. The number of rotatable bonds is 4. The Hall–Kier alpha value is -1.53. The lowest BCUT2D eigenvalue weighted by Crippen LogP contribution is -2.53. The van der Waals surface area contributed by atoms with Gasteiger partial charge in [0.25, 0.3) is 0 Å². The molecule has 0 aromatic heterocycles. The first kappa shape index (κ1) is 11.6. The highest BCUT2D eigenvalue weighted by Gasteiger charge is 2.64. The van der Waals surface area contributed by atoms with Crippen LogP contribution in [0.25, 0.3) is 0 Å². The Labute approximate surface area is 107 Å². The van der Waals surface area contributed by atoms with Crippen LogP contribution in [0.2, 0.25) is 0 Å². The van der Waals surface area contributed by atoms with Gasteiger partial charge in [0.15, 0.2) is 0 Å². The molecule has 94 valence electrons. The van der Waals surface area contributed by atoms with Crippen LogP contribution in [0.5, 0.6) is 5.75 Å². The van der Waals surface area contributed by atoms with Crippen LogP contribution in [-0.2, 0) is 10.2 Å². The average Bonchev–Trinajstić information content (AvgIpc) is 3.10. The van der Waals surface area contributed by atoms with Gasteiger partial charge in [-0.15, -0.1) is 0 Å². The van der Waals surface area contributed by atoms with E-state index in [1.165, 1.54) is 5.56 Å². The summed E-state index contributed by atoms with van der Waals surface area (Å²) in [6, 6.07) is 10.7. The lowest BCUT2D eigenvalue weighted by Gasteiger charge is -2.45. The Morgan fingerprint density at radius 1 is 1.39 bits per heavy atom. The Balaban J connectivity index is 1.98. The Morgan fingerprint density at radius 3 is 2.67 bits per heavy atom. The van der Waals surface area contributed by atoms with Gasteiger partial charge in [0.1, 0.15) is 5.75 Å². The Bertz CT molecular complexity index is 495. The first-order valence-electron chi connectivity index (χ1n) is 6.49. The van der Waals surface area contributed by atoms with Crippen LogP contribution in [0.3, 0.4) is 0 Å². The normalized spacial score (nSPS) is 22.7. The standard InChI is InChI=1S/C15H17NO2/c1-2-18-13-5-3-4-12(8-13)15(10-17-11-15)14(9-16)6-7-14/h3-5,8H,2,6-7,10-11H2,1H3. The van der Waals surface area contributed by atoms with Crippen molar-refractivity contribution in [3.8, 4) is 11.8 Å². The van der Waals surface area contributed by atoms with Crippen LogP contribution in [0.1, 0.15) is 25.3 Å². The van der Waals surface area contributed by atoms with Crippen molar-refractivity contribution in [1.29, 1.82) is 5.26 Å². The number of nitriles is 1. The van der Waals surface area contributed by atoms with Crippen molar-refractivity contribution in [2.24, 2.45) is 5.41 Å². The van der Waals surface area contributed by atoms with Gasteiger partial charge in [-0.05, 0) is 37.5 Å². The van der Waals surface area contributed by atoms with E-state index in [1.807, 2.05) is 19.1 Å². The van der Waals surface area contributed by atoms with Crippen molar-refractivity contribution in [3.63, 3.8) is 0 Å². The predicted octanol–water partition coefficient (Wildman–Crippen LogP) is 2.66. The molecule has 1 aromatic carbocycles. The maximum absolute atomic E-state index is 9.45. The third-order valence-corrected chi connectivity index (χ3v) is 4.27. The fraction of sp³-hybridized carbons (Fsp3) is 0.533. The molecule has 0 bridgehead atoms. The van der Waals surface area contributed by atoms with Gasteiger partial charge in [-0.2, -0.15) is 5.26 Å². The molecule has 1 heterocycles. The van der Waals surface area contributed by atoms with Crippen LogP contribution in [0, 0.1) is 16.7 Å². The van der Waals surface area contributed by atoms with Crippen molar-refractivity contribution in [3.05, 3.63) is 29.8 Å². The molecule has 1 saturated carbocycles. The van der Waals surface area contributed by atoms with Crippen LogP contribution in [0.4, 0.5) is 0 Å². The maximum atomic E-state index is 9.45. The molecule has 1 aromatic rings. The average molecular weight is 243 g/mol. The lowest BCUT2D eigenvalue weighted by molar-refractivity contribution is -0.0867. The fourth-order valence-electron chi connectivity index (χ4n) is 2.90. The van der Waals surface area contributed by atoms with E-state index >= 15 is 0 Å². The molecule has 0 N–H and O–H groups in total. The molecule has 1 saturated heterocycles. The summed E-state index contributed by atoms with van der Waals surface area (Å²) in [5.74, 6) is 0.884. The molecule has 3 nitrogen and oxygen atoms in total. The highest BCUT2D eigenvalue weighted by Crippen LogP contribution is 2.62. The molecule has 3 rings (SSSR count). The lowest BCUT2D eigenvalue weighted by atomic mass is 9.66. The van der Waals surface area contributed by atoms with Crippen LogP contribution in [-0.4, -0.2) is 19.8 Å². The van der Waals surface area contributed by atoms with E-state index in [0.29, 0.717) is 19.8 Å². The molecule has 3 heteroatoms. The van der Waals surface area contributed by atoms with Gasteiger partial charge in [0, 0.05) is 0 Å². The number of ether oxygens (including phenoxy) is 2. The van der Waals surface area contributed by atoms with E-state index in [0.717, 1.165) is 18.6 Å². The molecule has 18 heavy (non-hydrogen) atoms. The topological polar surface area (TPSA) is 42.2 Å². The van der Waals surface area contributed by atoms with E-state index in [4.69, 9.17) is 9.47 Å². The first-order valence-corrected chi connectivity index (χ1v) is 6.49. The summed E-state index contributed by atoms with van der Waals surface area (Å²) in [6.07, 6.45) is 1.98. The van der Waals surface area contributed by atoms with Crippen molar-refractivity contribution < 1.29 is 9.47 Å². The zero-order valence-corrected chi connectivity index (χ0v) is 10.6. The van der Waals surface area contributed by atoms with Gasteiger partial charge in [-0.1, -0.05) is 12.1 Å². The molecule has 2 aliphatic rings. The minimum Gasteiger partial charge on any atom is -0.494 e. The monoisotopic (exact) mass is 243 g/mol. The van der Waals surface area contributed by atoms with Gasteiger partial charge in [0.2, 0.25) is 0 Å². The van der Waals surface area contributed by atoms with Gasteiger partial charge in [0.05, 0.1) is 36.7 Å². The molecule has 1 aliphatic carbocycles. The molecular weight excluding hydrogens is 226 g/mol. The minimum atomic E-state index is -0.198. The summed E-state index contributed by atoms with van der Waals surface area (Å²) in [6.45, 7) is 3.97. The summed E-state index contributed by atoms with van der Waals surface area (Å²) >= 11 is 0. The number of hydrogen-bond acceptors (Lipinski definition) is 3. The van der Waals surface area contributed by atoms with E-state index in [1.54, 1.807) is 0 Å². The molecule has 2 fully saturated rings. The summed E-state index contributed by atoms with van der Waals surface area (Å²) in [5, 5.41) is 9.45. The van der Waals surface area contributed by atoms with Gasteiger partial charge >= 0.3 is 0 Å². The van der Waals surface area contributed by atoms with Crippen LogP contribution < -0.4 is 4.74 Å². The fourth-order valence-corrected chi connectivity index (χ4v) is 2.90. The number of hydrogen-bond donors (Lipinski definition) is 0. The van der Waals surface area contributed by atoms with E-state index in [-0.39, 0.29) is 10.8 Å². The predicted molar refractivity (Wildman–Crippen MR) is 67.4 cm³/mol. The Morgan fingerprint density at radius 2 is 2.17 bits per heavy atom. The SMILES string of the molecule is CCOc1cccc(C2(C3(C#N)CC3)COC2)c1. The first-order chi connectivity index (χ1) is 8.76. The van der Waals surface area contributed by atoms with Crippen molar-refractivity contribution in [1.82, 2.24) is 0 Å². The molecule has 0 atom stereocenters. The number of benzene rings is 1. The zero-order chi connectivity index (χ0) is 12.6. The Kier molecular flexibility index (Phi) is 2.57. The second-order valence-corrected chi connectivity index (χ2v) is 5.23. The summed E-state index contributed by atoms with van der Waals surface area (Å²) in [4.78, 5) is 0. The smallest absolute Gasteiger partial charge is 0.119 e. The highest BCUT2D eigenvalue weighted by molar-refractivity contribution is 5.42. The van der Waals surface area contributed by atoms with Crippen LogP contribution in [0.15, 0.2) is 24.3 Å². The quantitative estimate of drug-likeness (QED) is 0.816. The molecule has 1 aliphatic heterocycles. The highest BCUT2D eigenvalue weighted by atomic mass is 16.5. The minimum absolute atomic E-state index is 0.102. The number of nitrogens with zero attached hydrogens (tertiary/aromatic N) is 1. The van der Waals surface area contributed by atoms with Gasteiger partial charge in [-0.25, -0.2) is 0 Å². The third kappa shape index (κ3) is 1.46. The molecule has 0 spiro atoms. The van der Waals surface area contributed by atoms with Crippen molar-refractivity contribution in [2.45, 2.75) is 25.2 Å². The molecule has 0 unspecified atom stereocenters. The zero-order valence-electron chi connectivity index (χ0n) is 10.6. The van der Waals surface area contributed by atoms with Crippen LogP contribution >= 0.6 is 0 Å². The second-order valence-electron chi connectivity index (χ2n) is 5.23. The maximum Gasteiger partial charge on any atom is 0.119 e. The summed E-state index contributed by atoms with van der Waals surface area (Å²) < 4.78 is 11.0. The molecule has 0 amide bonds. The molecular formula is C15H17NO2. The summed E-state index contributed by atoms with van der Waals surface area (Å²) in [5.41, 5.74) is 0.893. The molecule has 0 radical (unpaired) electrons. The van der Waals surface area contributed by atoms with E-state index in [2.05, 4.69) is 18.2 Å². The summed E-state index contributed by atoms with van der Waals surface area (Å²) in [7, 11) is 0. The van der Waals surface area contributed by atoms with E-state index < -0.39 is 0 Å². The van der Waals surface area contributed by atoms with E-state index in [9.17, 15) is 5.26 Å². The van der Waals surface area contributed by atoms with Crippen molar-refractivity contribution in [2.75, 3.05) is 19.8 Å². The largest absolute Gasteiger partial charge is 0.494 e.